The van der Waals surface area contributed by atoms with Crippen molar-refractivity contribution in [3.63, 3.8) is 0 Å². The Labute approximate surface area is 348 Å². The summed E-state index contributed by atoms with van der Waals surface area (Å²) in [5.74, 6) is 15.2. The zero-order valence-corrected chi connectivity index (χ0v) is 34.5. The van der Waals surface area contributed by atoms with Crippen molar-refractivity contribution in [1.82, 2.24) is 0 Å². The lowest BCUT2D eigenvalue weighted by Gasteiger charge is -2.13. The molecule has 0 amide bonds. The zero-order valence-electron chi connectivity index (χ0n) is 34.5. The average molecular weight is 813 g/mol. The molecule has 0 aliphatic heterocycles. The van der Waals surface area contributed by atoms with Crippen LogP contribution in [0.3, 0.4) is 0 Å². The van der Waals surface area contributed by atoms with Gasteiger partial charge in [-0.3, -0.25) is 4.79 Å². The summed E-state index contributed by atoms with van der Waals surface area (Å²) in [4.78, 5) is 22.6. The van der Waals surface area contributed by atoms with Gasteiger partial charge in [0.2, 0.25) is 0 Å². The highest BCUT2D eigenvalue weighted by Gasteiger charge is 2.15. The molecule has 0 aliphatic rings. The Kier molecular flexibility index (Phi) is 35.5. The van der Waals surface area contributed by atoms with Crippen molar-refractivity contribution in [1.29, 1.82) is 0 Å². The molecule has 58 heavy (non-hydrogen) atoms. The summed E-state index contributed by atoms with van der Waals surface area (Å²) in [6.45, 7) is 0. The van der Waals surface area contributed by atoms with E-state index in [9.17, 15) is 50.4 Å². The van der Waals surface area contributed by atoms with Crippen molar-refractivity contribution >= 4 is 11.8 Å². The number of carbonyl (C=O) groups excluding carboxylic acids is 1. The molecule has 0 saturated carbocycles. The molecule has 326 valence electrons. The van der Waals surface area contributed by atoms with Crippen LogP contribution in [0.2, 0.25) is 0 Å². The quantitative estimate of drug-likeness (QED) is 0.0243. The predicted octanol–water partition coefficient (Wildman–Crippen LogP) is 5.04. The summed E-state index contributed by atoms with van der Waals surface area (Å²) in [6, 6.07) is 0. The van der Waals surface area contributed by atoms with E-state index in [1.54, 1.807) is 0 Å². The number of carboxylic acids is 1. The smallest absolute Gasteiger partial charge is 0.381 e. The molecule has 8 unspecified atom stereocenters. The molecule has 0 aromatic rings. The van der Waals surface area contributed by atoms with Gasteiger partial charge in [-0.05, 0) is 70.3 Å². The van der Waals surface area contributed by atoms with E-state index in [1.807, 2.05) is 18.1 Å². The minimum Gasteiger partial charge on any atom is -0.472 e. The summed E-state index contributed by atoms with van der Waals surface area (Å²) >= 11 is 0. The first-order chi connectivity index (χ1) is 27.8. The molecule has 0 rings (SSSR count). The molecule has 9 N–H and O–H groups in total. The van der Waals surface area contributed by atoms with Crippen LogP contribution in [0.1, 0.15) is 161 Å². The van der Waals surface area contributed by atoms with E-state index in [0.717, 1.165) is 83.5 Å². The third kappa shape index (κ3) is 35.7. The van der Waals surface area contributed by atoms with Gasteiger partial charge in [-0.15, -0.1) is 6.42 Å². The van der Waals surface area contributed by atoms with Crippen LogP contribution in [0.5, 0.6) is 0 Å². The SMILES string of the molecule is C#CC(O)C=CC(O)CCCC(O)C(O)C#CC(O)C#CCCCCC(=O)CCCCCC=CC(O)CCCCCCCCCCCCCC(O)C(O)C#CC(=O)O. The Hall–Kier alpha value is -3.46. The van der Waals surface area contributed by atoms with Gasteiger partial charge in [0.15, 0.2) is 6.10 Å². The number of unbranched alkanes of at least 4 members (excludes halogenated alkanes) is 15. The molecule has 0 bridgehead atoms. The number of allylic oxidation sites excluding steroid dienone is 1. The molecule has 0 saturated heterocycles. The highest BCUT2D eigenvalue weighted by Crippen LogP contribution is 2.15. The number of aliphatic hydroxyl groups is 8. The highest BCUT2D eigenvalue weighted by molar-refractivity contribution is 5.86. The number of Topliss-reactive ketones (excluding diaryl/α,β-unsaturated/α-hetero) is 1. The topological polar surface area (TPSA) is 216 Å². The Balaban J connectivity index is 3.75. The number of ketones is 1. The lowest BCUT2D eigenvalue weighted by atomic mass is 10.0. The molecule has 0 radical (unpaired) electrons. The summed E-state index contributed by atoms with van der Waals surface area (Å²) in [7, 11) is 0. The molecular formula is C47H72O11. The van der Waals surface area contributed by atoms with Crippen molar-refractivity contribution in [3.05, 3.63) is 24.3 Å². The van der Waals surface area contributed by atoms with Gasteiger partial charge in [-0.2, -0.15) is 0 Å². The second kappa shape index (κ2) is 37.8. The Morgan fingerprint density at radius 1 is 0.517 bits per heavy atom. The van der Waals surface area contributed by atoms with Crippen molar-refractivity contribution in [2.75, 3.05) is 0 Å². The number of hydrogen-bond donors (Lipinski definition) is 9. The molecule has 0 aromatic heterocycles. The Morgan fingerprint density at radius 3 is 1.62 bits per heavy atom. The van der Waals surface area contributed by atoms with E-state index in [0.29, 0.717) is 38.5 Å². The fourth-order valence-electron chi connectivity index (χ4n) is 6.00. The van der Waals surface area contributed by atoms with E-state index < -0.39 is 54.8 Å². The van der Waals surface area contributed by atoms with E-state index in [1.165, 1.54) is 44.3 Å². The summed E-state index contributed by atoms with van der Waals surface area (Å²) in [5.41, 5.74) is 0. The molecule has 0 fully saturated rings. The summed E-state index contributed by atoms with van der Waals surface area (Å²) < 4.78 is 0. The molecule has 11 heteroatoms. The first-order valence-corrected chi connectivity index (χ1v) is 21.4. The molecule has 0 heterocycles. The second-order valence-corrected chi connectivity index (χ2v) is 14.9. The third-order valence-corrected chi connectivity index (χ3v) is 9.54. The lowest BCUT2D eigenvalue weighted by molar-refractivity contribution is -0.130. The number of aliphatic carboxylic acids is 1. The summed E-state index contributed by atoms with van der Waals surface area (Å²) in [5, 5.41) is 87.2. The fraction of sp³-hybridized carbons (Fsp3) is 0.702. The highest BCUT2D eigenvalue weighted by atomic mass is 16.4. The van der Waals surface area contributed by atoms with Gasteiger partial charge in [0.25, 0.3) is 0 Å². The Bertz CT molecular complexity index is 1370. The van der Waals surface area contributed by atoms with Gasteiger partial charge in [0.1, 0.15) is 24.1 Å². The predicted molar refractivity (Wildman–Crippen MR) is 227 cm³/mol. The summed E-state index contributed by atoms with van der Waals surface area (Å²) in [6.07, 6.45) is 24.0. The van der Waals surface area contributed by atoms with Crippen molar-refractivity contribution in [3.8, 4) is 47.9 Å². The van der Waals surface area contributed by atoms with Crippen LogP contribution in [0.15, 0.2) is 24.3 Å². The van der Waals surface area contributed by atoms with E-state index in [2.05, 4.69) is 35.5 Å². The Morgan fingerprint density at radius 2 is 1.02 bits per heavy atom. The van der Waals surface area contributed by atoms with Crippen LogP contribution in [0, 0.1) is 47.9 Å². The van der Waals surface area contributed by atoms with E-state index in [4.69, 9.17) is 11.5 Å². The van der Waals surface area contributed by atoms with Crippen LogP contribution in [0.4, 0.5) is 0 Å². The van der Waals surface area contributed by atoms with Crippen LogP contribution in [-0.2, 0) is 9.59 Å². The fourth-order valence-corrected chi connectivity index (χ4v) is 6.00. The van der Waals surface area contributed by atoms with E-state index in [-0.39, 0.29) is 12.2 Å². The van der Waals surface area contributed by atoms with Gasteiger partial charge in [-0.25, -0.2) is 4.79 Å². The maximum absolute atomic E-state index is 12.2. The van der Waals surface area contributed by atoms with Crippen LogP contribution < -0.4 is 0 Å². The minimum absolute atomic E-state index is 0.181. The van der Waals surface area contributed by atoms with Crippen LogP contribution in [0.25, 0.3) is 0 Å². The lowest BCUT2D eigenvalue weighted by Crippen LogP contribution is -2.24. The molecule has 11 nitrogen and oxygen atoms in total. The first kappa shape index (κ1) is 54.5. The van der Waals surface area contributed by atoms with Gasteiger partial charge in [-0.1, -0.05) is 131 Å². The van der Waals surface area contributed by atoms with Gasteiger partial charge in [0, 0.05) is 25.2 Å². The van der Waals surface area contributed by atoms with Gasteiger partial charge >= 0.3 is 5.97 Å². The van der Waals surface area contributed by atoms with Gasteiger partial charge < -0.3 is 46.0 Å². The standard InChI is InChI=1S/C47H72O11/c1-2-38(48)32-33-42(52)29-23-31-44(54)45(55)35-34-41(51)28-21-16-15-20-27-40(50)26-19-13-10-12-18-25-39(49)24-17-11-8-6-4-3-5-7-9-14-22-30-43(53)46(56)36-37-47(57)58/h1,18,25,32-33,38-39,41-46,48-49,51-56H,3-17,19-20,22-24,26-27,29-31H2,(H,57,58). The molecule has 0 spiro atoms. The number of hydrogen-bond acceptors (Lipinski definition) is 10. The largest absolute Gasteiger partial charge is 0.472 e. The van der Waals surface area contributed by atoms with Crippen molar-refractivity contribution < 1.29 is 55.5 Å². The van der Waals surface area contributed by atoms with Gasteiger partial charge in [0.05, 0.1) is 24.4 Å². The average Bonchev–Trinajstić information content (AvgIpc) is 3.20. The van der Waals surface area contributed by atoms with Crippen molar-refractivity contribution in [2.45, 2.75) is 209 Å². The maximum Gasteiger partial charge on any atom is 0.381 e. The number of aliphatic hydroxyl groups excluding tert-OH is 8. The first-order valence-electron chi connectivity index (χ1n) is 21.4. The third-order valence-electron chi connectivity index (χ3n) is 9.54. The normalized spacial score (nSPS) is 15.4. The van der Waals surface area contributed by atoms with Crippen molar-refractivity contribution in [2.24, 2.45) is 0 Å². The number of carbonyl (C=O) groups is 2. The number of rotatable bonds is 33. The van der Waals surface area contributed by atoms with E-state index >= 15 is 0 Å². The molecule has 8 atom stereocenters. The molecule has 0 aliphatic carbocycles. The van der Waals surface area contributed by atoms with Crippen LogP contribution >= 0.6 is 0 Å². The molecular weight excluding hydrogens is 741 g/mol. The maximum atomic E-state index is 12.2. The number of carboxylic acid groups (broad SMARTS) is 1. The minimum atomic E-state index is -1.37. The zero-order chi connectivity index (χ0) is 43.2. The number of terminal acetylenes is 1. The van der Waals surface area contributed by atoms with Crippen LogP contribution in [-0.4, -0.2) is 107 Å². The molecule has 0 aromatic carbocycles. The second-order valence-electron chi connectivity index (χ2n) is 14.9. The monoisotopic (exact) mass is 813 g/mol.